The Kier molecular flexibility index (Phi) is 5.66. The summed E-state index contributed by atoms with van der Waals surface area (Å²) in [5.74, 6) is 0. The molecule has 0 saturated carbocycles. The number of aliphatic hydroxyl groups is 1. The van der Waals surface area contributed by atoms with Gasteiger partial charge in [0.2, 0.25) is 0 Å². The van der Waals surface area contributed by atoms with Crippen molar-refractivity contribution < 1.29 is 5.11 Å². The predicted molar refractivity (Wildman–Crippen MR) is 73.3 cm³/mol. The molecule has 0 aliphatic heterocycles. The quantitative estimate of drug-likeness (QED) is 0.742. The topological polar surface area (TPSA) is 32.3 Å². The zero-order chi connectivity index (χ0) is 12.7. The Morgan fingerprint density at radius 3 is 2.18 bits per heavy atom. The molecule has 0 unspecified atom stereocenters. The third-order valence-corrected chi connectivity index (χ3v) is 2.73. The zero-order valence-corrected chi connectivity index (χ0v) is 11.3. The zero-order valence-electron chi connectivity index (χ0n) is 11.3. The summed E-state index contributed by atoms with van der Waals surface area (Å²) >= 11 is 0. The summed E-state index contributed by atoms with van der Waals surface area (Å²) in [6.45, 7) is 8.97. The van der Waals surface area contributed by atoms with E-state index in [1.165, 1.54) is 11.1 Å². The molecule has 2 heteroatoms. The second-order valence-corrected chi connectivity index (χ2v) is 5.73. The van der Waals surface area contributed by atoms with Crippen LogP contribution in [0.4, 0.5) is 0 Å². The van der Waals surface area contributed by atoms with E-state index < -0.39 is 0 Å². The summed E-state index contributed by atoms with van der Waals surface area (Å²) in [4.78, 5) is 0. The first-order valence-electron chi connectivity index (χ1n) is 6.41. The van der Waals surface area contributed by atoms with Crippen LogP contribution in [0.15, 0.2) is 24.3 Å². The van der Waals surface area contributed by atoms with Gasteiger partial charge in [0.25, 0.3) is 0 Å². The van der Waals surface area contributed by atoms with Gasteiger partial charge in [-0.2, -0.15) is 0 Å². The Hall–Kier alpha value is -0.860. The van der Waals surface area contributed by atoms with Crippen molar-refractivity contribution >= 4 is 0 Å². The van der Waals surface area contributed by atoms with E-state index >= 15 is 0 Å². The summed E-state index contributed by atoms with van der Waals surface area (Å²) in [6, 6.07) is 8.37. The highest BCUT2D eigenvalue weighted by molar-refractivity contribution is 5.27. The molecule has 1 rings (SSSR count). The molecule has 0 atom stereocenters. The number of rotatable bonds is 6. The molecule has 0 aromatic heterocycles. The van der Waals surface area contributed by atoms with E-state index in [0.717, 1.165) is 25.9 Å². The third kappa shape index (κ3) is 5.85. The SMILES string of the molecule is CC(C)(C)CNCCc1ccccc1CCO. The van der Waals surface area contributed by atoms with Crippen molar-refractivity contribution in [1.29, 1.82) is 0 Å². The normalized spacial score (nSPS) is 11.8. The van der Waals surface area contributed by atoms with Crippen molar-refractivity contribution in [2.75, 3.05) is 19.7 Å². The van der Waals surface area contributed by atoms with Crippen molar-refractivity contribution in [3.8, 4) is 0 Å². The van der Waals surface area contributed by atoms with Crippen LogP contribution in [0.25, 0.3) is 0 Å². The minimum atomic E-state index is 0.229. The summed E-state index contributed by atoms with van der Waals surface area (Å²) in [5.41, 5.74) is 2.96. The van der Waals surface area contributed by atoms with Gasteiger partial charge in [0, 0.05) is 13.2 Å². The Labute approximate surface area is 105 Å². The van der Waals surface area contributed by atoms with Crippen LogP contribution in [0.2, 0.25) is 0 Å². The minimum absolute atomic E-state index is 0.229. The summed E-state index contributed by atoms with van der Waals surface area (Å²) in [6.07, 6.45) is 1.79. The maximum Gasteiger partial charge on any atom is 0.0471 e. The molecule has 0 heterocycles. The van der Waals surface area contributed by atoms with Gasteiger partial charge in [0.1, 0.15) is 0 Å². The molecule has 0 amide bonds. The van der Waals surface area contributed by atoms with Crippen molar-refractivity contribution in [2.45, 2.75) is 33.6 Å². The molecule has 0 aliphatic rings. The molecule has 0 fully saturated rings. The third-order valence-electron chi connectivity index (χ3n) is 2.73. The van der Waals surface area contributed by atoms with Gasteiger partial charge in [-0.3, -0.25) is 0 Å². The van der Waals surface area contributed by atoms with Gasteiger partial charge in [-0.15, -0.1) is 0 Å². The van der Waals surface area contributed by atoms with Gasteiger partial charge < -0.3 is 10.4 Å². The number of benzene rings is 1. The van der Waals surface area contributed by atoms with Gasteiger partial charge in [-0.25, -0.2) is 0 Å². The Balaban J connectivity index is 2.41. The molecule has 0 saturated heterocycles. The average Bonchev–Trinajstić information content (AvgIpc) is 2.25. The second kappa shape index (κ2) is 6.77. The highest BCUT2D eigenvalue weighted by Crippen LogP contribution is 2.12. The molecule has 2 nitrogen and oxygen atoms in total. The maximum atomic E-state index is 9.01. The molecule has 2 N–H and O–H groups in total. The van der Waals surface area contributed by atoms with Gasteiger partial charge in [-0.1, -0.05) is 45.0 Å². The first-order valence-corrected chi connectivity index (χ1v) is 6.41. The number of hydrogen-bond acceptors (Lipinski definition) is 2. The lowest BCUT2D eigenvalue weighted by Crippen LogP contribution is -2.28. The first-order chi connectivity index (χ1) is 8.03. The van der Waals surface area contributed by atoms with Crippen LogP contribution in [0.5, 0.6) is 0 Å². The van der Waals surface area contributed by atoms with Crippen molar-refractivity contribution in [3.63, 3.8) is 0 Å². The fourth-order valence-corrected chi connectivity index (χ4v) is 1.85. The fourth-order valence-electron chi connectivity index (χ4n) is 1.85. The molecule has 0 aliphatic carbocycles. The summed E-state index contributed by atoms with van der Waals surface area (Å²) in [7, 11) is 0. The predicted octanol–water partition coefficient (Wildman–Crippen LogP) is 2.40. The van der Waals surface area contributed by atoms with E-state index in [1.807, 2.05) is 6.07 Å². The van der Waals surface area contributed by atoms with Crippen molar-refractivity contribution in [2.24, 2.45) is 5.41 Å². The largest absolute Gasteiger partial charge is 0.396 e. The highest BCUT2D eigenvalue weighted by Gasteiger charge is 2.08. The number of hydrogen-bond donors (Lipinski definition) is 2. The monoisotopic (exact) mass is 235 g/mol. The first kappa shape index (κ1) is 14.2. The van der Waals surface area contributed by atoms with Crippen LogP contribution in [0.3, 0.4) is 0 Å². The maximum absolute atomic E-state index is 9.01. The van der Waals surface area contributed by atoms with Crippen LogP contribution in [0.1, 0.15) is 31.9 Å². The van der Waals surface area contributed by atoms with Gasteiger partial charge in [-0.05, 0) is 35.9 Å². The van der Waals surface area contributed by atoms with Crippen LogP contribution in [-0.2, 0) is 12.8 Å². The molecule has 17 heavy (non-hydrogen) atoms. The van der Waals surface area contributed by atoms with Gasteiger partial charge in [0.05, 0.1) is 0 Å². The highest BCUT2D eigenvalue weighted by atomic mass is 16.2. The van der Waals surface area contributed by atoms with Crippen LogP contribution in [-0.4, -0.2) is 24.8 Å². The van der Waals surface area contributed by atoms with E-state index in [2.05, 4.69) is 44.3 Å². The van der Waals surface area contributed by atoms with E-state index in [9.17, 15) is 0 Å². The summed E-state index contributed by atoms with van der Waals surface area (Å²) in [5, 5.41) is 12.5. The van der Waals surface area contributed by atoms with Crippen molar-refractivity contribution in [1.82, 2.24) is 5.32 Å². The Morgan fingerprint density at radius 2 is 1.65 bits per heavy atom. The fraction of sp³-hybridized carbons (Fsp3) is 0.600. The smallest absolute Gasteiger partial charge is 0.0471 e. The molecule has 0 radical (unpaired) electrons. The number of aliphatic hydroxyl groups excluding tert-OH is 1. The number of nitrogens with one attached hydrogen (secondary N) is 1. The average molecular weight is 235 g/mol. The van der Waals surface area contributed by atoms with Gasteiger partial charge in [0.15, 0.2) is 0 Å². The Morgan fingerprint density at radius 1 is 1.06 bits per heavy atom. The lowest BCUT2D eigenvalue weighted by atomic mass is 9.96. The Bertz CT molecular complexity index is 328. The molecular formula is C15H25NO. The lowest BCUT2D eigenvalue weighted by molar-refractivity contribution is 0.299. The van der Waals surface area contributed by atoms with Gasteiger partial charge >= 0.3 is 0 Å². The van der Waals surface area contributed by atoms with E-state index in [0.29, 0.717) is 5.41 Å². The van der Waals surface area contributed by atoms with Crippen LogP contribution in [0, 0.1) is 5.41 Å². The van der Waals surface area contributed by atoms with Crippen LogP contribution >= 0.6 is 0 Å². The molecule has 0 spiro atoms. The molecule has 1 aromatic carbocycles. The molecule has 96 valence electrons. The summed E-state index contributed by atoms with van der Waals surface area (Å²) < 4.78 is 0. The van der Waals surface area contributed by atoms with E-state index in [1.54, 1.807) is 0 Å². The van der Waals surface area contributed by atoms with Crippen LogP contribution < -0.4 is 5.32 Å². The van der Waals surface area contributed by atoms with E-state index in [4.69, 9.17) is 5.11 Å². The molecule has 1 aromatic rings. The second-order valence-electron chi connectivity index (χ2n) is 5.73. The molecule has 0 bridgehead atoms. The minimum Gasteiger partial charge on any atom is -0.396 e. The van der Waals surface area contributed by atoms with E-state index in [-0.39, 0.29) is 6.61 Å². The lowest BCUT2D eigenvalue weighted by Gasteiger charge is -2.19. The van der Waals surface area contributed by atoms with Crippen molar-refractivity contribution in [3.05, 3.63) is 35.4 Å². The molecular weight excluding hydrogens is 210 g/mol. The standard InChI is InChI=1S/C15H25NO/c1-15(2,3)12-16-10-8-13-6-4-5-7-14(13)9-11-17/h4-7,16-17H,8-12H2,1-3H3.